The molecule has 3 aliphatic rings. The zero-order valence-corrected chi connectivity index (χ0v) is 29.1. The zero-order chi connectivity index (χ0) is 33.9. The fourth-order valence-corrected chi connectivity index (χ4v) is 8.34. The van der Waals surface area contributed by atoms with Crippen LogP contribution in [0.4, 0.5) is 0 Å². The van der Waals surface area contributed by atoms with Gasteiger partial charge in [0.2, 0.25) is 0 Å². The SMILES string of the molecule is COC1=C(OC)C(c2cc(C3C(OC)=C(OC)c4c(C)cccc43)cc(C3C(OC)=C(OC)c4c(C)cccc43)c2)c2cccc(C)c21. The van der Waals surface area contributed by atoms with Gasteiger partial charge in [0.05, 0.1) is 60.4 Å². The first kappa shape index (κ1) is 31.5. The molecule has 0 saturated carbocycles. The second-order valence-corrected chi connectivity index (χ2v) is 12.7. The number of benzene rings is 4. The molecule has 4 aromatic rings. The van der Waals surface area contributed by atoms with Crippen LogP contribution in [0.1, 0.15) is 84.5 Å². The van der Waals surface area contributed by atoms with E-state index in [9.17, 15) is 0 Å². The molecule has 0 fully saturated rings. The molecule has 3 unspecified atom stereocenters. The van der Waals surface area contributed by atoms with E-state index >= 15 is 0 Å². The lowest BCUT2D eigenvalue weighted by Crippen LogP contribution is -2.11. The summed E-state index contributed by atoms with van der Waals surface area (Å²) in [5, 5.41) is 0. The molecule has 0 radical (unpaired) electrons. The van der Waals surface area contributed by atoms with Gasteiger partial charge in [-0.2, -0.15) is 0 Å². The van der Waals surface area contributed by atoms with E-state index in [1.54, 1.807) is 42.7 Å². The second kappa shape index (κ2) is 12.2. The zero-order valence-electron chi connectivity index (χ0n) is 29.1. The summed E-state index contributed by atoms with van der Waals surface area (Å²) in [5.41, 5.74) is 13.4. The molecule has 6 nitrogen and oxygen atoms in total. The summed E-state index contributed by atoms with van der Waals surface area (Å²) >= 11 is 0. The van der Waals surface area contributed by atoms with E-state index in [4.69, 9.17) is 28.4 Å². The Balaban J connectivity index is 1.55. The molecule has 0 bridgehead atoms. The Bertz CT molecular complexity index is 1800. The molecule has 0 aliphatic heterocycles. The number of allylic oxidation sites excluding steroid dienone is 3. The Morgan fingerprint density at radius 3 is 0.875 bits per heavy atom. The molecular formula is C42H42O6. The summed E-state index contributed by atoms with van der Waals surface area (Å²) in [7, 11) is 10.3. The summed E-state index contributed by atoms with van der Waals surface area (Å²) in [6, 6.07) is 26.1. The minimum atomic E-state index is -0.191. The third-order valence-corrected chi connectivity index (χ3v) is 10.3. The molecule has 0 saturated heterocycles. The lowest BCUT2D eigenvalue weighted by Gasteiger charge is -2.24. The molecule has 4 aromatic carbocycles. The van der Waals surface area contributed by atoms with E-state index in [1.807, 2.05) is 0 Å². The molecule has 48 heavy (non-hydrogen) atoms. The van der Waals surface area contributed by atoms with Crippen LogP contribution in [0.15, 0.2) is 90.1 Å². The van der Waals surface area contributed by atoms with Crippen molar-refractivity contribution in [3.8, 4) is 0 Å². The highest BCUT2D eigenvalue weighted by Crippen LogP contribution is 2.53. The molecule has 3 atom stereocenters. The van der Waals surface area contributed by atoms with Gasteiger partial charge in [-0.15, -0.1) is 0 Å². The number of hydrogen-bond donors (Lipinski definition) is 0. The fraction of sp³-hybridized carbons (Fsp3) is 0.286. The Labute approximate surface area is 283 Å². The van der Waals surface area contributed by atoms with E-state index in [0.717, 1.165) is 101 Å². The van der Waals surface area contributed by atoms with Crippen LogP contribution in [0, 0.1) is 20.8 Å². The van der Waals surface area contributed by atoms with Gasteiger partial charge in [-0.25, -0.2) is 0 Å². The average Bonchev–Trinajstić information content (AvgIpc) is 3.74. The van der Waals surface area contributed by atoms with E-state index in [-0.39, 0.29) is 17.8 Å². The second-order valence-electron chi connectivity index (χ2n) is 12.7. The van der Waals surface area contributed by atoms with Crippen molar-refractivity contribution in [3.05, 3.63) is 157 Å². The lowest BCUT2D eigenvalue weighted by atomic mass is 9.81. The van der Waals surface area contributed by atoms with Crippen LogP contribution >= 0.6 is 0 Å². The number of fused-ring (bicyclic) bond motifs is 3. The number of aryl methyl sites for hydroxylation is 3. The Morgan fingerprint density at radius 2 is 0.646 bits per heavy atom. The van der Waals surface area contributed by atoms with Crippen molar-refractivity contribution < 1.29 is 28.4 Å². The molecule has 0 aromatic heterocycles. The molecule has 6 heteroatoms. The molecule has 0 N–H and O–H groups in total. The maximum atomic E-state index is 6.19. The predicted octanol–water partition coefficient (Wildman–Crippen LogP) is 8.93. The molecule has 246 valence electrons. The monoisotopic (exact) mass is 642 g/mol. The Morgan fingerprint density at radius 1 is 0.375 bits per heavy atom. The van der Waals surface area contributed by atoms with E-state index in [1.165, 1.54) is 0 Å². The molecule has 0 spiro atoms. The van der Waals surface area contributed by atoms with Gasteiger partial charge in [-0.1, -0.05) is 72.8 Å². The van der Waals surface area contributed by atoms with Crippen molar-refractivity contribution in [2.24, 2.45) is 0 Å². The largest absolute Gasteiger partial charge is 0.496 e. The van der Waals surface area contributed by atoms with Crippen molar-refractivity contribution >= 4 is 17.3 Å². The third-order valence-electron chi connectivity index (χ3n) is 10.3. The van der Waals surface area contributed by atoms with Gasteiger partial charge in [-0.05, 0) is 70.8 Å². The molecule has 7 rings (SSSR count). The number of rotatable bonds is 9. The highest BCUT2D eigenvalue weighted by molar-refractivity contribution is 5.80. The molecular weight excluding hydrogens is 600 g/mol. The maximum absolute atomic E-state index is 6.19. The summed E-state index contributed by atoms with van der Waals surface area (Å²) in [5.74, 6) is 4.09. The topological polar surface area (TPSA) is 55.4 Å². The predicted molar refractivity (Wildman–Crippen MR) is 188 cm³/mol. The third kappa shape index (κ3) is 4.45. The molecule has 0 heterocycles. The van der Waals surface area contributed by atoms with E-state index in [0.29, 0.717) is 0 Å². The first-order chi connectivity index (χ1) is 23.3. The first-order valence-corrected chi connectivity index (χ1v) is 16.2. The van der Waals surface area contributed by atoms with Crippen molar-refractivity contribution in [3.63, 3.8) is 0 Å². The fourth-order valence-electron chi connectivity index (χ4n) is 8.34. The minimum absolute atomic E-state index is 0.191. The quantitative estimate of drug-likeness (QED) is 0.182. The van der Waals surface area contributed by atoms with Gasteiger partial charge in [-0.3, -0.25) is 0 Å². The van der Waals surface area contributed by atoms with Gasteiger partial charge < -0.3 is 28.4 Å². The van der Waals surface area contributed by atoms with Crippen LogP contribution in [-0.4, -0.2) is 42.7 Å². The highest BCUT2D eigenvalue weighted by atomic mass is 16.5. The van der Waals surface area contributed by atoms with Gasteiger partial charge in [0.25, 0.3) is 0 Å². The Kier molecular flexibility index (Phi) is 7.98. The van der Waals surface area contributed by atoms with Crippen LogP contribution in [0.3, 0.4) is 0 Å². The van der Waals surface area contributed by atoms with Crippen LogP contribution in [0.25, 0.3) is 17.3 Å². The smallest absolute Gasteiger partial charge is 0.165 e. The molecule has 0 amide bonds. The maximum Gasteiger partial charge on any atom is 0.165 e. The number of ether oxygens (including phenoxy) is 6. The van der Waals surface area contributed by atoms with Crippen LogP contribution in [0.2, 0.25) is 0 Å². The average molecular weight is 643 g/mol. The van der Waals surface area contributed by atoms with Gasteiger partial charge in [0.1, 0.15) is 17.3 Å². The van der Waals surface area contributed by atoms with Gasteiger partial charge >= 0.3 is 0 Å². The summed E-state index contributed by atoms with van der Waals surface area (Å²) in [6.07, 6.45) is 0. The number of methoxy groups -OCH3 is 6. The molecule has 3 aliphatic carbocycles. The van der Waals surface area contributed by atoms with Gasteiger partial charge in [0.15, 0.2) is 17.3 Å². The summed E-state index contributed by atoms with van der Waals surface area (Å²) in [6.45, 7) is 6.36. The van der Waals surface area contributed by atoms with Crippen molar-refractivity contribution in [1.82, 2.24) is 0 Å². The summed E-state index contributed by atoms with van der Waals surface area (Å²) < 4.78 is 36.7. The van der Waals surface area contributed by atoms with Crippen molar-refractivity contribution in [2.75, 3.05) is 42.7 Å². The van der Waals surface area contributed by atoms with Crippen molar-refractivity contribution in [2.45, 2.75) is 38.5 Å². The minimum Gasteiger partial charge on any atom is -0.496 e. The van der Waals surface area contributed by atoms with Crippen LogP contribution in [0.5, 0.6) is 0 Å². The van der Waals surface area contributed by atoms with Crippen LogP contribution < -0.4 is 0 Å². The van der Waals surface area contributed by atoms with Crippen LogP contribution in [-0.2, 0) is 28.4 Å². The summed E-state index contributed by atoms with van der Waals surface area (Å²) in [4.78, 5) is 0. The van der Waals surface area contributed by atoms with E-state index < -0.39 is 0 Å². The lowest BCUT2D eigenvalue weighted by molar-refractivity contribution is 0.253. The standard InChI is InChI=1S/C42H42O6/c1-22-13-10-16-28-31(22)37(43-4)40(46-7)34(28)25-19-26(35-29-17-11-14-23(2)32(29)38(44-5)41(35)47-8)21-27(20-25)36-30-18-12-15-24(3)33(30)39(45-6)42(36)48-9/h10-21,34-36H,1-9H3. The van der Waals surface area contributed by atoms with Crippen molar-refractivity contribution in [1.29, 1.82) is 0 Å². The Hall–Kier alpha value is -5.10. The number of hydrogen-bond acceptors (Lipinski definition) is 6. The first-order valence-electron chi connectivity index (χ1n) is 16.2. The van der Waals surface area contributed by atoms with E-state index in [2.05, 4.69) is 93.6 Å². The normalized spacial score (nSPS) is 19.3. The van der Waals surface area contributed by atoms with Gasteiger partial charge in [0, 0.05) is 16.7 Å². The highest BCUT2D eigenvalue weighted by Gasteiger charge is 2.42.